The van der Waals surface area contributed by atoms with Gasteiger partial charge in [0.25, 0.3) is 0 Å². The van der Waals surface area contributed by atoms with Crippen LogP contribution >= 0.6 is 11.6 Å². The number of carboxylic acids is 1. The van der Waals surface area contributed by atoms with Crippen molar-refractivity contribution in [3.63, 3.8) is 0 Å². The van der Waals surface area contributed by atoms with Crippen LogP contribution in [0.15, 0.2) is 41.6 Å². The molecule has 1 aliphatic carbocycles. The normalized spacial score (nSPS) is 15.3. The molecule has 2 aliphatic rings. The van der Waals surface area contributed by atoms with Crippen LogP contribution in [0.25, 0.3) is 22.4 Å². The Morgan fingerprint density at radius 1 is 1.20 bits per heavy atom. The predicted octanol–water partition coefficient (Wildman–Crippen LogP) is 3.74. The molecule has 1 saturated carbocycles. The van der Waals surface area contributed by atoms with Gasteiger partial charge in [-0.2, -0.15) is 13.9 Å². The number of hydrogen-bond acceptors (Lipinski definition) is 4. The first-order valence-corrected chi connectivity index (χ1v) is 9.63. The second-order valence-corrected chi connectivity index (χ2v) is 7.80. The Morgan fingerprint density at radius 3 is 2.60 bits per heavy atom. The minimum atomic E-state index is -2.75. The number of benzene rings is 1. The van der Waals surface area contributed by atoms with Gasteiger partial charge in [0, 0.05) is 46.2 Å². The summed E-state index contributed by atoms with van der Waals surface area (Å²) in [6.07, 6.45) is 5.85. The first-order valence-electron chi connectivity index (χ1n) is 9.26. The zero-order chi connectivity index (χ0) is 21.2. The molecule has 0 atom stereocenters. The lowest BCUT2D eigenvalue weighted by Crippen LogP contribution is -2.41. The fourth-order valence-corrected chi connectivity index (χ4v) is 4.09. The summed E-state index contributed by atoms with van der Waals surface area (Å²) in [5, 5.41) is 15.3. The van der Waals surface area contributed by atoms with Crippen molar-refractivity contribution in [2.45, 2.75) is 32.0 Å². The fraction of sp³-hybridized carbons (Fsp3) is 0.250. The number of nitrogens with zero attached hydrogens (tertiary/aromatic N) is 4. The van der Waals surface area contributed by atoms with Gasteiger partial charge in [-0.1, -0.05) is 11.6 Å². The third-order valence-corrected chi connectivity index (χ3v) is 5.73. The molecule has 0 amide bonds. The number of alkyl halides is 2. The van der Waals surface area contributed by atoms with Gasteiger partial charge >= 0.3 is 12.5 Å². The molecule has 3 heterocycles. The highest BCUT2D eigenvalue weighted by molar-refractivity contribution is 6.33. The molecule has 10 heteroatoms. The van der Waals surface area contributed by atoms with Gasteiger partial charge in [-0.25, -0.2) is 9.48 Å². The van der Waals surface area contributed by atoms with Gasteiger partial charge < -0.3 is 10.1 Å². The van der Waals surface area contributed by atoms with Crippen LogP contribution in [0, 0.1) is 0 Å². The summed E-state index contributed by atoms with van der Waals surface area (Å²) in [6, 6.07) is 5.05. The van der Waals surface area contributed by atoms with Crippen LogP contribution in [-0.2, 0) is 6.54 Å². The average Bonchev–Trinajstić information content (AvgIpc) is 3.42. The van der Waals surface area contributed by atoms with Crippen molar-refractivity contribution in [3.05, 3.63) is 63.2 Å². The van der Waals surface area contributed by atoms with Crippen LogP contribution in [0.4, 0.5) is 8.78 Å². The second-order valence-electron chi connectivity index (χ2n) is 7.39. The standard InChI is InChI=1S/C20H15ClF2N4O3/c21-16-4-14-10(3-13(16)11-6-24-25(7-11)20(22)23)8-26(12-1-2-12)27-9-15(19(29)30)18(28)5-17(14)27/h3-7,9,12,20H,1-2,8H2,(H,29,30). The van der Waals surface area contributed by atoms with Crippen LogP contribution in [0.1, 0.15) is 35.3 Å². The van der Waals surface area contributed by atoms with E-state index in [0.717, 1.165) is 18.4 Å². The lowest BCUT2D eigenvalue weighted by Gasteiger charge is -2.35. The molecule has 154 valence electrons. The van der Waals surface area contributed by atoms with E-state index in [2.05, 4.69) is 5.10 Å². The molecule has 3 aromatic rings. The topological polar surface area (TPSA) is 80.4 Å². The number of carboxylic acid groups (broad SMARTS) is 1. The number of carbonyl (C=O) groups is 1. The molecule has 0 unspecified atom stereocenters. The summed E-state index contributed by atoms with van der Waals surface area (Å²) in [7, 11) is 0. The Balaban J connectivity index is 1.68. The van der Waals surface area contributed by atoms with Gasteiger partial charge in [0.15, 0.2) is 5.43 Å². The first kappa shape index (κ1) is 18.8. The van der Waals surface area contributed by atoms with E-state index >= 15 is 0 Å². The summed E-state index contributed by atoms with van der Waals surface area (Å²) in [6.45, 7) is -2.27. The zero-order valence-electron chi connectivity index (χ0n) is 15.4. The second kappa shape index (κ2) is 6.66. The molecule has 0 radical (unpaired) electrons. The van der Waals surface area contributed by atoms with Crippen molar-refractivity contribution in [3.8, 4) is 22.4 Å². The van der Waals surface area contributed by atoms with Crippen molar-refractivity contribution in [2.75, 3.05) is 5.01 Å². The highest BCUT2D eigenvalue weighted by atomic mass is 35.5. The van der Waals surface area contributed by atoms with Crippen LogP contribution in [-0.4, -0.2) is 31.6 Å². The molecular formula is C20H15ClF2N4O3. The van der Waals surface area contributed by atoms with E-state index in [1.54, 1.807) is 10.7 Å². The maximum atomic E-state index is 12.9. The van der Waals surface area contributed by atoms with Gasteiger partial charge in [-0.15, -0.1) is 0 Å². The molecular weight excluding hydrogens is 418 g/mol. The quantitative estimate of drug-likeness (QED) is 0.679. The highest BCUT2D eigenvalue weighted by Gasteiger charge is 2.35. The molecule has 1 N–H and O–H groups in total. The Kier molecular flexibility index (Phi) is 4.18. The molecule has 0 spiro atoms. The van der Waals surface area contributed by atoms with Crippen molar-refractivity contribution in [1.29, 1.82) is 0 Å². The number of fused-ring (bicyclic) bond motifs is 3. The van der Waals surface area contributed by atoms with Gasteiger partial charge in [0.2, 0.25) is 0 Å². The number of aromatic nitrogens is 3. The molecule has 1 fully saturated rings. The van der Waals surface area contributed by atoms with Crippen LogP contribution < -0.4 is 10.4 Å². The van der Waals surface area contributed by atoms with Crippen molar-refractivity contribution in [1.82, 2.24) is 14.5 Å². The van der Waals surface area contributed by atoms with E-state index < -0.39 is 17.9 Å². The van der Waals surface area contributed by atoms with Gasteiger partial charge in [-0.05, 0) is 30.5 Å². The summed E-state index contributed by atoms with van der Waals surface area (Å²) in [5.74, 6) is -1.28. The predicted molar refractivity (Wildman–Crippen MR) is 106 cm³/mol. The highest BCUT2D eigenvalue weighted by Crippen LogP contribution is 2.40. The molecule has 5 rings (SSSR count). The lowest BCUT2D eigenvalue weighted by molar-refractivity contribution is 0.0566. The number of hydrogen-bond donors (Lipinski definition) is 1. The molecule has 0 bridgehead atoms. The lowest BCUT2D eigenvalue weighted by atomic mass is 9.96. The van der Waals surface area contributed by atoms with Gasteiger partial charge in [0.05, 0.1) is 18.4 Å². The van der Waals surface area contributed by atoms with Crippen molar-refractivity contribution < 1.29 is 18.7 Å². The Morgan fingerprint density at radius 2 is 1.97 bits per heavy atom. The summed E-state index contributed by atoms with van der Waals surface area (Å²) >= 11 is 6.46. The maximum Gasteiger partial charge on any atom is 0.341 e. The fourth-order valence-electron chi connectivity index (χ4n) is 3.82. The van der Waals surface area contributed by atoms with E-state index in [-0.39, 0.29) is 11.6 Å². The smallest absolute Gasteiger partial charge is 0.341 e. The molecule has 1 aromatic carbocycles. The van der Waals surface area contributed by atoms with Crippen LogP contribution in [0.2, 0.25) is 5.02 Å². The van der Waals surface area contributed by atoms with Crippen molar-refractivity contribution in [2.24, 2.45) is 0 Å². The van der Waals surface area contributed by atoms with E-state index in [9.17, 15) is 23.5 Å². The van der Waals surface area contributed by atoms with E-state index in [4.69, 9.17) is 11.6 Å². The van der Waals surface area contributed by atoms with E-state index in [1.807, 2.05) is 11.1 Å². The monoisotopic (exact) mass is 432 g/mol. The molecule has 1 aliphatic heterocycles. The largest absolute Gasteiger partial charge is 0.477 e. The van der Waals surface area contributed by atoms with E-state index in [1.165, 1.54) is 24.7 Å². The van der Waals surface area contributed by atoms with E-state index in [0.29, 0.717) is 38.6 Å². The first-order chi connectivity index (χ1) is 14.3. The Labute approximate surface area is 173 Å². The number of halogens is 3. The average molecular weight is 433 g/mol. The van der Waals surface area contributed by atoms with Crippen LogP contribution in [0.5, 0.6) is 0 Å². The molecule has 30 heavy (non-hydrogen) atoms. The zero-order valence-corrected chi connectivity index (χ0v) is 16.2. The van der Waals surface area contributed by atoms with Crippen molar-refractivity contribution >= 4 is 17.6 Å². The summed E-state index contributed by atoms with van der Waals surface area (Å²) in [4.78, 5) is 23.8. The third-order valence-electron chi connectivity index (χ3n) is 5.42. The van der Waals surface area contributed by atoms with Gasteiger partial charge in [-0.3, -0.25) is 9.47 Å². The van der Waals surface area contributed by atoms with Gasteiger partial charge in [0.1, 0.15) is 5.56 Å². The Bertz CT molecular complexity index is 1250. The molecule has 7 nitrogen and oxygen atoms in total. The maximum absolute atomic E-state index is 12.9. The minimum Gasteiger partial charge on any atom is -0.477 e. The summed E-state index contributed by atoms with van der Waals surface area (Å²) < 4.78 is 28.1. The molecule has 2 aromatic heterocycles. The number of aromatic carboxylic acids is 1. The number of pyridine rings is 1. The summed E-state index contributed by atoms with van der Waals surface area (Å²) in [5.41, 5.74) is 2.27. The van der Waals surface area contributed by atoms with Crippen LogP contribution in [0.3, 0.4) is 0 Å². The molecule has 0 saturated heterocycles. The third kappa shape index (κ3) is 2.97. The number of rotatable bonds is 4. The SMILES string of the molecule is O=C(O)c1cn2c(cc1=O)-c1cc(Cl)c(-c3cnn(C(F)F)c3)cc1CN2C1CC1. The minimum absolute atomic E-state index is 0.238. The Hall–Kier alpha value is -3.20.